The molecule has 0 amide bonds. The van der Waals surface area contributed by atoms with Crippen LogP contribution in [0.3, 0.4) is 0 Å². The van der Waals surface area contributed by atoms with Crippen molar-refractivity contribution < 1.29 is 13.5 Å². The lowest BCUT2D eigenvalue weighted by Gasteiger charge is -2.07. The molecule has 3 nitrogen and oxygen atoms in total. The summed E-state index contributed by atoms with van der Waals surface area (Å²) < 4.78 is 29.5. The summed E-state index contributed by atoms with van der Waals surface area (Å²) in [5, 5.41) is 0. The van der Waals surface area contributed by atoms with E-state index in [1.54, 1.807) is 0 Å². The zero-order valence-corrected chi connectivity index (χ0v) is 8.07. The van der Waals surface area contributed by atoms with E-state index in [2.05, 4.69) is 9.72 Å². The molecule has 1 aromatic rings. The molecule has 0 saturated carbocycles. The van der Waals surface area contributed by atoms with Crippen molar-refractivity contribution in [1.82, 2.24) is 4.98 Å². The summed E-state index contributed by atoms with van der Waals surface area (Å²) in [6.07, 6.45) is -1.64. The zero-order valence-electron chi connectivity index (χ0n) is 7.31. The molecule has 0 radical (unpaired) electrons. The number of nitrogens with one attached hydrogen (secondary N) is 1. The van der Waals surface area contributed by atoms with E-state index in [1.165, 1.54) is 13.3 Å². The van der Waals surface area contributed by atoms with Crippen molar-refractivity contribution in [2.45, 2.75) is 12.3 Å². The van der Waals surface area contributed by atoms with Crippen LogP contribution in [0.4, 0.5) is 8.78 Å². The quantitative estimate of drug-likeness (QED) is 0.797. The number of rotatable bonds is 3. The fourth-order valence-electron chi connectivity index (χ4n) is 1.06. The molecule has 0 aliphatic heterocycles. The standard InChI is InChI=1S/C8H8ClF2NO2/c1-14-5-3-12-4(2-9)6(7(5)13)8(10)11/h3,8H,2H2,1H3,(H,12,13). The average Bonchev–Trinajstić information content (AvgIpc) is 2.16. The highest BCUT2D eigenvalue weighted by Crippen LogP contribution is 2.21. The minimum atomic E-state index is -2.86. The monoisotopic (exact) mass is 223 g/mol. The second kappa shape index (κ2) is 4.41. The van der Waals surface area contributed by atoms with Crippen LogP contribution >= 0.6 is 11.6 Å². The predicted octanol–water partition coefficient (Wildman–Crippen LogP) is 2.06. The third kappa shape index (κ3) is 1.87. The van der Waals surface area contributed by atoms with E-state index in [9.17, 15) is 13.6 Å². The largest absolute Gasteiger partial charge is 0.491 e. The molecule has 0 aliphatic carbocycles. The number of hydrogen-bond acceptors (Lipinski definition) is 2. The number of aromatic nitrogens is 1. The molecule has 0 unspecified atom stereocenters. The van der Waals surface area contributed by atoms with E-state index in [-0.39, 0.29) is 17.3 Å². The second-order valence-electron chi connectivity index (χ2n) is 2.51. The summed E-state index contributed by atoms with van der Waals surface area (Å²) in [7, 11) is 1.24. The highest BCUT2D eigenvalue weighted by Gasteiger charge is 2.19. The van der Waals surface area contributed by atoms with Crippen molar-refractivity contribution >= 4 is 11.6 Å². The maximum atomic E-state index is 12.5. The van der Waals surface area contributed by atoms with Gasteiger partial charge in [0.25, 0.3) is 6.43 Å². The van der Waals surface area contributed by atoms with Crippen LogP contribution in [-0.2, 0) is 5.88 Å². The molecule has 1 N–H and O–H groups in total. The first-order valence-corrected chi connectivity index (χ1v) is 4.27. The summed E-state index contributed by atoms with van der Waals surface area (Å²) in [5.41, 5.74) is -1.43. The fraction of sp³-hybridized carbons (Fsp3) is 0.375. The van der Waals surface area contributed by atoms with Gasteiger partial charge in [-0.05, 0) is 0 Å². The SMILES string of the molecule is COc1c[nH]c(CCl)c(C(F)F)c1=O. The summed E-state index contributed by atoms with van der Waals surface area (Å²) in [6.45, 7) is 0. The van der Waals surface area contributed by atoms with Crippen LogP contribution in [0.2, 0.25) is 0 Å². The number of methoxy groups -OCH3 is 1. The zero-order chi connectivity index (χ0) is 10.7. The summed E-state index contributed by atoms with van der Waals surface area (Å²) in [4.78, 5) is 13.8. The molecule has 1 rings (SSSR count). The molecule has 6 heteroatoms. The van der Waals surface area contributed by atoms with E-state index in [4.69, 9.17) is 11.6 Å². The van der Waals surface area contributed by atoms with Gasteiger partial charge < -0.3 is 9.72 Å². The third-order valence-electron chi connectivity index (χ3n) is 1.74. The Morgan fingerprint density at radius 3 is 2.71 bits per heavy atom. The van der Waals surface area contributed by atoms with Gasteiger partial charge in [0.15, 0.2) is 5.75 Å². The Bertz CT molecular complexity index is 378. The van der Waals surface area contributed by atoms with E-state index in [1.807, 2.05) is 0 Å². The summed E-state index contributed by atoms with van der Waals surface area (Å²) in [5.74, 6) is -0.312. The normalized spacial score (nSPS) is 10.6. The van der Waals surface area contributed by atoms with Crippen molar-refractivity contribution in [3.05, 3.63) is 27.7 Å². The van der Waals surface area contributed by atoms with Crippen LogP contribution in [0.1, 0.15) is 17.7 Å². The molecule has 0 saturated heterocycles. The minimum Gasteiger partial charge on any atom is -0.491 e. The smallest absolute Gasteiger partial charge is 0.269 e. The van der Waals surface area contributed by atoms with Crippen molar-refractivity contribution in [2.75, 3.05) is 7.11 Å². The van der Waals surface area contributed by atoms with Gasteiger partial charge in [0.2, 0.25) is 5.43 Å². The van der Waals surface area contributed by atoms with E-state index in [0.29, 0.717) is 0 Å². The van der Waals surface area contributed by atoms with Crippen LogP contribution in [0.5, 0.6) is 5.75 Å². The van der Waals surface area contributed by atoms with E-state index in [0.717, 1.165) is 0 Å². The molecule has 0 spiro atoms. The molecule has 14 heavy (non-hydrogen) atoms. The minimum absolute atomic E-state index is 0.0208. The molecule has 1 heterocycles. The average molecular weight is 224 g/mol. The van der Waals surface area contributed by atoms with Crippen LogP contribution in [0.15, 0.2) is 11.0 Å². The van der Waals surface area contributed by atoms with Gasteiger partial charge in [-0.3, -0.25) is 4.79 Å². The number of pyridine rings is 1. The first-order chi connectivity index (χ1) is 6.61. The molecular formula is C8H8ClF2NO2. The highest BCUT2D eigenvalue weighted by molar-refractivity contribution is 6.17. The number of H-pyrrole nitrogens is 1. The van der Waals surface area contributed by atoms with Gasteiger partial charge in [-0.25, -0.2) is 8.78 Å². The lowest BCUT2D eigenvalue weighted by atomic mass is 10.2. The molecule has 0 fully saturated rings. The molecule has 0 aromatic carbocycles. The molecule has 0 bridgehead atoms. The summed E-state index contributed by atoms with van der Waals surface area (Å²) in [6, 6.07) is 0. The Hall–Kier alpha value is -1.10. The molecular weight excluding hydrogens is 216 g/mol. The van der Waals surface area contributed by atoms with Crippen LogP contribution in [0.25, 0.3) is 0 Å². The number of halogens is 3. The van der Waals surface area contributed by atoms with Crippen molar-refractivity contribution in [3.63, 3.8) is 0 Å². The predicted molar refractivity (Wildman–Crippen MR) is 48.1 cm³/mol. The van der Waals surface area contributed by atoms with E-state index >= 15 is 0 Å². The Labute approximate surface area is 83.7 Å². The molecule has 0 atom stereocenters. The first-order valence-electron chi connectivity index (χ1n) is 3.74. The number of hydrogen-bond donors (Lipinski definition) is 1. The Morgan fingerprint density at radius 1 is 1.64 bits per heavy atom. The lowest BCUT2D eigenvalue weighted by molar-refractivity contribution is 0.148. The Balaban J connectivity index is 3.39. The Morgan fingerprint density at radius 2 is 2.29 bits per heavy atom. The fourth-order valence-corrected chi connectivity index (χ4v) is 1.28. The van der Waals surface area contributed by atoms with Gasteiger partial charge in [0.05, 0.1) is 18.6 Å². The molecule has 78 valence electrons. The van der Waals surface area contributed by atoms with Gasteiger partial charge in [-0.2, -0.15) is 0 Å². The first kappa shape index (κ1) is 11.0. The van der Waals surface area contributed by atoms with Gasteiger partial charge in [0, 0.05) is 11.9 Å². The molecule has 0 aliphatic rings. The van der Waals surface area contributed by atoms with Crippen molar-refractivity contribution in [3.8, 4) is 5.75 Å². The Kier molecular flexibility index (Phi) is 3.46. The third-order valence-corrected chi connectivity index (χ3v) is 2.01. The van der Waals surface area contributed by atoms with Crippen LogP contribution in [0, 0.1) is 0 Å². The number of aromatic amines is 1. The topological polar surface area (TPSA) is 42.1 Å². The van der Waals surface area contributed by atoms with Crippen molar-refractivity contribution in [2.24, 2.45) is 0 Å². The van der Waals surface area contributed by atoms with E-state index < -0.39 is 17.4 Å². The molecule has 1 aromatic heterocycles. The maximum absolute atomic E-state index is 12.5. The van der Waals surface area contributed by atoms with Gasteiger partial charge in [-0.1, -0.05) is 0 Å². The maximum Gasteiger partial charge on any atom is 0.269 e. The number of ether oxygens (including phenoxy) is 1. The van der Waals surface area contributed by atoms with Gasteiger partial charge >= 0.3 is 0 Å². The second-order valence-corrected chi connectivity index (χ2v) is 2.78. The van der Waals surface area contributed by atoms with Crippen LogP contribution < -0.4 is 10.2 Å². The highest BCUT2D eigenvalue weighted by atomic mass is 35.5. The van der Waals surface area contributed by atoms with Gasteiger partial charge in [0.1, 0.15) is 0 Å². The van der Waals surface area contributed by atoms with Crippen molar-refractivity contribution in [1.29, 1.82) is 0 Å². The number of alkyl halides is 3. The lowest BCUT2D eigenvalue weighted by Crippen LogP contribution is -2.15. The summed E-state index contributed by atoms with van der Waals surface area (Å²) >= 11 is 5.40. The van der Waals surface area contributed by atoms with Crippen LogP contribution in [-0.4, -0.2) is 12.1 Å². The van der Waals surface area contributed by atoms with Gasteiger partial charge in [-0.15, -0.1) is 11.6 Å².